The first kappa shape index (κ1) is 19.9. The molecule has 0 atom stereocenters. The summed E-state index contributed by atoms with van der Waals surface area (Å²) in [5.74, 6) is -0.158. The van der Waals surface area contributed by atoms with Gasteiger partial charge in [-0.3, -0.25) is 24.1 Å². The fraction of sp³-hybridized carbons (Fsp3) is 0.0909. The van der Waals surface area contributed by atoms with E-state index in [-0.39, 0.29) is 22.7 Å². The van der Waals surface area contributed by atoms with E-state index in [4.69, 9.17) is 13.9 Å². The van der Waals surface area contributed by atoms with Crippen molar-refractivity contribution in [1.82, 2.24) is 4.90 Å². The second-order valence-corrected chi connectivity index (χ2v) is 7.89. The SMILES string of the molecule is O=C(CN1C(=O)S/C(=C\c2coc3ccccc3c2=O)C1=O)Nc1ccc2c(c1)OCO2. The second-order valence-electron chi connectivity index (χ2n) is 6.90. The number of carbonyl (C=O) groups excluding carboxylic acids is 3. The number of hydrogen-bond acceptors (Lipinski definition) is 8. The summed E-state index contributed by atoms with van der Waals surface area (Å²) in [5.41, 5.74) is 0.677. The first-order chi connectivity index (χ1) is 15.5. The van der Waals surface area contributed by atoms with Gasteiger partial charge >= 0.3 is 0 Å². The van der Waals surface area contributed by atoms with Gasteiger partial charge in [-0.2, -0.15) is 0 Å². The summed E-state index contributed by atoms with van der Waals surface area (Å²) < 4.78 is 15.9. The third kappa shape index (κ3) is 3.60. The molecule has 0 bridgehead atoms. The largest absolute Gasteiger partial charge is 0.463 e. The summed E-state index contributed by atoms with van der Waals surface area (Å²) in [4.78, 5) is 50.9. The Labute approximate surface area is 184 Å². The van der Waals surface area contributed by atoms with Gasteiger partial charge < -0.3 is 19.2 Å². The van der Waals surface area contributed by atoms with Gasteiger partial charge in [0.2, 0.25) is 12.7 Å². The molecule has 160 valence electrons. The van der Waals surface area contributed by atoms with Gasteiger partial charge in [-0.1, -0.05) is 12.1 Å². The number of para-hydroxylation sites is 1. The zero-order valence-corrected chi connectivity index (χ0v) is 17.1. The first-order valence-corrected chi connectivity index (χ1v) is 10.3. The third-order valence-electron chi connectivity index (χ3n) is 4.82. The molecule has 32 heavy (non-hydrogen) atoms. The molecule has 0 spiro atoms. The summed E-state index contributed by atoms with van der Waals surface area (Å²) >= 11 is 0.657. The Morgan fingerprint density at radius 2 is 1.91 bits per heavy atom. The Balaban J connectivity index is 1.32. The van der Waals surface area contributed by atoms with Crippen molar-refractivity contribution in [3.8, 4) is 11.5 Å². The van der Waals surface area contributed by atoms with Gasteiger partial charge in [-0.25, -0.2) is 0 Å². The van der Waals surface area contributed by atoms with Crippen LogP contribution in [-0.4, -0.2) is 35.3 Å². The predicted octanol–water partition coefficient (Wildman–Crippen LogP) is 3.20. The molecule has 3 heterocycles. The van der Waals surface area contributed by atoms with Crippen LogP contribution in [-0.2, 0) is 9.59 Å². The van der Waals surface area contributed by atoms with Crippen molar-refractivity contribution in [2.45, 2.75) is 0 Å². The molecule has 1 saturated heterocycles. The zero-order chi connectivity index (χ0) is 22.2. The fourth-order valence-electron chi connectivity index (χ4n) is 3.29. The summed E-state index contributed by atoms with van der Waals surface area (Å²) in [7, 11) is 0. The van der Waals surface area contributed by atoms with Gasteiger partial charge in [-0.05, 0) is 42.1 Å². The molecule has 9 nitrogen and oxygen atoms in total. The van der Waals surface area contributed by atoms with E-state index < -0.39 is 23.6 Å². The van der Waals surface area contributed by atoms with Gasteiger partial charge in [0.25, 0.3) is 11.1 Å². The molecule has 0 radical (unpaired) electrons. The maximum Gasteiger partial charge on any atom is 0.294 e. The van der Waals surface area contributed by atoms with Gasteiger partial charge in [-0.15, -0.1) is 0 Å². The summed E-state index contributed by atoms with van der Waals surface area (Å²) in [6, 6.07) is 11.6. The Morgan fingerprint density at radius 1 is 1.09 bits per heavy atom. The van der Waals surface area contributed by atoms with Crippen LogP contribution >= 0.6 is 11.8 Å². The molecule has 0 unspecified atom stereocenters. The highest BCUT2D eigenvalue weighted by Crippen LogP contribution is 2.35. The van der Waals surface area contributed by atoms with E-state index >= 15 is 0 Å². The van der Waals surface area contributed by atoms with Gasteiger partial charge in [0.15, 0.2) is 16.9 Å². The standard InChI is InChI=1S/C22H14N2O7S/c25-19(23-13-5-6-16-17(8-13)31-11-30-16)9-24-21(27)18(32-22(24)28)7-12-10-29-15-4-2-1-3-14(15)20(12)26/h1-8,10H,9,11H2,(H,23,25)/b18-7-. The minimum atomic E-state index is -0.659. The highest BCUT2D eigenvalue weighted by Gasteiger charge is 2.36. The maximum atomic E-state index is 12.7. The van der Waals surface area contributed by atoms with Gasteiger partial charge in [0.05, 0.1) is 15.9 Å². The number of ether oxygens (including phenoxy) is 2. The van der Waals surface area contributed by atoms with Crippen LogP contribution in [0.4, 0.5) is 10.5 Å². The van der Waals surface area contributed by atoms with Crippen LogP contribution in [0.25, 0.3) is 17.0 Å². The number of anilines is 1. The molecule has 0 saturated carbocycles. The third-order valence-corrected chi connectivity index (χ3v) is 5.73. The lowest BCUT2D eigenvalue weighted by molar-refractivity contribution is -0.127. The van der Waals surface area contributed by atoms with E-state index in [0.29, 0.717) is 39.9 Å². The van der Waals surface area contributed by atoms with Crippen molar-refractivity contribution in [2.24, 2.45) is 0 Å². The quantitative estimate of drug-likeness (QED) is 0.603. The van der Waals surface area contributed by atoms with Crippen LogP contribution in [0.5, 0.6) is 11.5 Å². The lowest BCUT2D eigenvalue weighted by Gasteiger charge is -2.12. The van der Waals surface area contributed by atoms with E-state index in [1.807, 2.05) is 0 Å². The highest BCUT2D eigenvalue weighted by molar-refractivity contribution is 8.18. The van der Waals surface area contributed by atoms with Crippen LogP contribution in [0.3, 0.4) is 0 Å². The summed E-state index contributed by atoms with van der Waals surface area (Å²) in [5, 5.41) is 2.38. The van der Waals surface area contributed by atoms with E-state index in [1.165, 1.54) is 12.3 Å². The number of amides is 3. The fourth-order valence-corrected chi connectivity index (χ4v) is 4.12. The number of nitrogens with zero attached hydrogens (tertiary/aromatic N) is 1. The molecule has 0 aliphatic carbocycles. The monoisotopic (exact) mass is 450 g/mol. The smallest absolute Gasteiger partial charge is 0.294 e. The number of carbonyl (C=O) groups is 3. The van der Waals surface area contributed by atoms with Crippen LogP contribution in [0, 0.1) is 0 Å². The molecule has 2 aliphatic heterocycles. The highest BCUT2D eigenvalue weighted by atomic mass is 32.2. The van der Waals surface area contributed by atoms with Crippen molar-refractivity contribution in [1.29, 1.82) is 0 Å². The first-order valence-electron chi connectivity index (χ1n) is 9.45. The van der Waals surface area contributed by atoms with E-state index in [9.17, 15) is 19.2 Å². The van der Waals surface area contributed by atoms with Gasteiger partial charge in [0.1, 0.15) is 18.4 Å². The topological polar surface area (TPSA) is 115 Å². The van der Waals surface area contributed by atoms with Crippen molar-refractivity contribution >= 4 is 51.5 Å². The molecule has 3 amide bonds. The molecule has 1 N–H and O–H groups in total. The lowest BCUT2D eigenvalue weighted by atomic mass is 10.1. The molecule has 2 aliphatic rings. The second kappa shape index (κ2) is 7.89. The van der Waals surface area contributed by atoms with E-state index in [0.717, 1.165) is 4.90 Å². The molecule has 10 heteroatoms. The predicted molar refractivity (Wildman–Crippen MR) is 116 cm³/mol. The number of thioether (sulfide) groups is 1. The Kier molecular flexibility index (Phi) is 4.91. The maximum absolute atomic E-state index is 12.7. The van der Waals surface area contributed by atoms with Crippen LogP contribution < -0.4 is 20.2 Å². The molecule has 1 aromatic heterocycles. The molecular formula is C22H14N2O7S. The van der Waals surface area contributed by atoms with Crippen molar-refractivity contribution in [2.75, 3.05) is 18.7 Å². The van der Waals surface area contributed by atoms with E-state index in [1.54, 1.807) is 42.5 Å². The minimum absolute atomic E-state index is 0.0356. The Hall–Kier alpha value is -4.05. The Bertz CT molecular complexity index is 1380. The van der Waals surface area contributed by atoms with Crippen LogP contribution in [0.1, 0.15) is 5.56 Å². The average molecular weight is 450 g/mol. The number of fused-ring (bicyclic) bond motifs is 2. The summed E-state index contributed by atoms with van der Waals surface area (Å²) in [6.45, 7) is -0.367. The van der Waals surface area contributed by atoms with Crippen molar-refractivity contribution < 1.29 is 28.3 Å². The molecule has 1 fully saturated rings. The zero-order valence-electron chi connectivity index (χ0n) is 16.3. The molecule has 2 aromatic carbocycles. The number of hydrogen-bond donors (Lipinski definition) is 1. The number of nitrogens with one attached hydrogen (secondary N) is 1. The summed E-state index contributed by atoms with van der Waals surface area (Å²) in [6.07, 6.45) is 2.55. The number of imide groups is 1. The van der Waals surface area contributed by atoms with Gasteiger partial charge in [0, 0.05) is 11.8 Å². The molecule has 5 rings (SSSR count). The van der Waals surface area contributed by atoms with Crippen molar-refractivity contribution in [3.63, 3.8) is 0 Å². The Morgan fingerprint density at radius 3 is 2.78 bits per heavy atom. The minimum Gasteiger partial charge on any atom is -0.463 e. The van der Waals surface area contributed by atoms with Crippen molar-refractivity contribution in [3.05, 3.63) is 69.4 Å². The average Bonchev–Trinajstić information content (AvgIpc) is 3.35. The lowest BCUT2D eigenvalue weighted by Crippen LogP contribution is -2.36. The molecule has 3 aromatic rings. The van der Waals surface area contributed by atoms with E-state index in [2.05, 4.69) is 5.32 Å². The van der Waals surface area contributed by atoms with Crippen LogP contribution in [0.15, 0.2) is 62.8 Å². The number of rotatable bonds is 4. The molecular weight excluding hydrogens is 436 g/mol. The van der Waals surface area contributed by atoms with Crippen LogP contribution in [0.2, 0.25) is 0 Å². The normalized spacial score (nSPS) is 16.2. The number of benzene rings is 2.